The van der Waals surface area contributed by atoms with E-state index in [0.717, 1.165) is 5.56 Å². The van der Waals surface area contributed by atoms with Crippen LogP contribution in [0, 0.1) is 6.92 Å². The molecule has 0 fully saturated rings. The SMILES string of the molecule is COc1cccc2c1OCCCN(C(=O)c1cc(C)[nH]c(=O)c1)C2. The summed E-state index contributed by atoms with van der Waals surface area (Å²) in [6.07, 6.45) is 0.714. The average Bonchev–Trinajstić information content (AvgIpc) is 2.53. The summed E-state index contributed by atoms with van der Waals surface area (Å²) in [6.45, 7) is 3.25. The van der Waals surface area contributed by atoms with E-state index in [1.54, 1.807) is 25.0 Å². The molecule has 24 heavy (non-hydrogen) atoms. The van der Waals surface area contributed by atoms with Crippen LogP contribution in [0.2, 0.25) is 0 Å². The number of aryl methyl sites for hydroxylation is 1. The van der Waals surface area contributed by atoms with E-state index in [1.807, 2.05) is 18.2 Å². The lowest BCUT2D eigenvalue weighted by molar-refractivity contribution is 0.0721. The fourth-order valence-corrected chi connectivity index (χ4v) is 2.89. The van der Waals surface area contributed by atoms with Gasteiger partial charge in [-0.15, -0.1) is 0 Å². The number of carbonyl (C=O) groups excluding carboxylic acids is 1. The van der Waals surface area contributed by atoms with Crippen LogP contribution in [-0.4, -0.2) is 36.1 Å². The molecule has 0 unspecified atom stereocenters. The minimum Gasteiger partial charge on any atom is -0.493 e. The standard InChI is InChI=1S/C18H20N2O4/c1-12-9-14(10-16(21)19-12)18(22)20-7-4-8-24-17-13(11-20)5-3-6-15(17)23-2/h3,5-6,9-10H,4,7-8,11H2,1-2H3,(H,19,21). The molecule has 6 nitrogen and oxygen atoms in total. The minimum atomic E-state index is -0.268. The maximum Gasteiger partial charge on any atom is 0.254 e. The number of fused-ring (bicyclic) bond motifs is 1. The van der Waals surface area contributed by atoms with Crippen molar-refractivity contribution in [2.24, 2.45) is 0 Å². The van der Waals surface area contributed by atoms with Crippen molar-refractivity contribution in [3.63, 3.8) is 0 Å². The highest BCUT2D eigenvalue weighted by molar-refractivity contribution is 5.94. The largest absolute Gasteiger partial charge is 0.493 e. The van der Waals surface area contributed by atoms with Crippen LogP contribution < -0.4 is 15.0 Å². The summed E-state index contributed by atoms with van der Waals surface area (Å²) < 4.78 is 11.2. The number of hydrogen-bond acceptors (Lipinski definition) is 4. The number of para-hydroxylation sites is 1. The first kappa shape index (κ1) is 16.1. The van der Waals surface area contributed by atoms with E-state index in [2.05, 4.69) is 4.98 Å². The molecule has 1 aliphatic rings. The van der Waals surface area contributed by atoms with Crippen molar-refractivity contribution in [2.45, 2.75) is 19.9 Å². The smallest absolute Gasteiger partial charge is 0.254 e. The normalized spacial score (nSPS) is 14.2. The zero-order valence-electron chi connectivity index (χ0n) is 13.8. The quantitative estimate of drug-likeness (QED) is 0.916. The van der Waals surface area contributed by atoms with Crippen LogP contribution in [0.5, 0.6) is 11.5 Å². The van der Waals surface area contributed by atoms with Crippen LogP contribution >= 0.6 is 0 Å². The predicted octanol–water partition coefficient (Wildman–Crippen LogP) is 2.12. The summed E-state index contributed by atoms with van der Waals surface area (Å²) in [5.74, 6) is 1.19. The van der Waals surface area contributed by atoms with Crippen LogP contribution in [0.25, 0.3) is 0 Å². The van der Waals surface area contributed by atoms with Gasteiger partial charge in [-0.25, -0.2) is 0 Å². The van der Waals surface area contributed by atoms with Gasteiger partial charge in [0.05, 0.1) is 13.7 Å². The van der Waals surface area contributed by atoms with Crippen molar-refractivity contribution in [2.75, 3.05) is 20.3 Å². The molecule has 1 aliphatic heterocycles. The third-order valence-corrected chi connectivity index (χ3v) is 3.97. The number of aromatic nitrogens is 1. The van der Waals surface area contributed by atoms with Crippen molar-refractivity contribution in [3.05, 3.63) is 57.5 Å². The number of nitrogens with zero attached hydrogens (tertiary/aromatic N) is 1. The van der Waals surface area contributed by atoms with Gasteiger partial charge in [-0.05, 0) is 25.5 Å². The van der Waals surface area contributed by atoms with Crippen molar-refractivity contribution in [1.82, 2.24) is 9.88 Å². The Morgan fingerprint density at radius 2 is 2.17 bits per heavy atom. The number of aromatic amines is 1. The molecule has 0 saturated heterocycles. The fourth-order valence-electron chi connectivity index (χ4n) is 2.89. The predicted molar refractivity (Wildman–Crippen MR) is 89.6 cm³/mol. The van der Waals surface area contributed by atoms with Gasteiger partial charge in [0.1, 0.15) is 0 Å². The number of methoxy groups -OCH3 is 1. The third-order valence-electron chi connectivity index (χ3n) is 3.97. The highest BCUT2D eigenvalue weighted by atomic mass is 16.5. The molecular formula is C18H20N2O4. The lowest BCUT2D eigenvalue weighted by atomic mass is 10.1. The molecule has 0 saturated carbocycles. The summed E-state index contributed by atoms with van der Waals surface area (Å²) >= 11 is 0. The first-order chi connectivity index (χ1) is 11.6. The Hall–Kier alpha value is -2.76. The van der Waals surface area contributed by atoms with Gasteiger partial charge in [0.2, 0.25) is 5.56 Å². The minimum absolute atomic E-state index is 0.153. The number of carbonyl (C=O) groups is 1. The number of amides is 1. The fraction of sp³-hybridized carbons (Fsp3) is 0.333. The van der Waals surface area contributed by atoms with Gasteiger partial charge < -0.3 is 19.4 Å². The molecule has 1 aromatic heterocycles. The van der Waals surface area contributed by atoms with Crippen LogP contribution in [0.15, 0.2) is 35.1 Å². The Morgan fingerprint density at radius 1 is 1.33 bits per heavy atom. The van der Waals surface area contributed by atoms with Crippen molar-refractivity contribution >= 4 is 5.91 Å². The highest BCUT2D eigenvalue weighted by Crippen LogP contribution is 2.33. The maximum absolute atomic E-state index is 12.8. The number of hydrogen-bond donors (Lipinski definition) is 1. The Kier molecular flexibility index (Phi) is 4.55. The van der Waals surface area contributed by atoms with Gasteiger partial charge in [0.25, 0.3) is 5.91 Å². The summed E-state index contributed by atoms with van der Waals surface area (Å²) in [5.41, 5.74) is 1.70. The first-order valence-corrected chi connectivity index (χ1v) is 7.87. The molecule has 0 bridgehead atoms. The molecule has 2 aromatic rings. The Balaban J connectivity index is 1.93. The van der Waals surface area contributed by atoms with Crippen molar-refractivity contribution in [1.29, 1.82) is 0 Å². The number of H-pyrrole nitrogens is 1. The highest BCUT2D eigenvalue weighted by Gasteiger charge is 2.22. The molecule has 3 rings (SSSR count). The van der Waals surface area contributed by atoms with E-state index in [0.29, 0.717) is 48.9 Å². The average molecular weight is 328 g/mol. The molecule has 1 amide bonds. The molecule has 0 radical (unpaired) electrons. The van der Waals surface area contributed by atoms with Gasteiger partial charge in [-0.2, -0.15) is 0 Å². The van der Waals surface area contributed by atoms with Crippen LogP contribution in [-0.2, 0) is 6.54 Å². The summed E-state index contributed by atoms with van der Waals surface area (Å²) in [7, 11) is 1.60. The Labute approximate surface area is 140 Å². The lowest BCUT2D eigenvalue weighted by Gasteiger charge is -2.27. The Bertz CT molecular complexity index is 813. The van der Waals surface area contributed by atoms with Crippen LogP contribution in [0.3, 0.4) is 0 Å². The molecule has 2 heterocycles. The lowest BCUT2D eigenvalue weighted by Crippen LogP contribution is -2.34. The molecule has 0 spiro atoms. The number of rotatable bonds is 2. The molecule has 1 N–H and O–H groups in total. The van der Waals surface area contributed by atoms with E-state index in [1.165, 1.54) is 6.07 Å². The van der Waals surface area contributed by atoms with Gasteiger partial charge >= 0.3 is 0 Å². The summed E-state index contributed by atoms with van der Waals surface area (Å²) in [4.78, 5) is 28.9. The van der Waals surface area contributed by atoms with Gasteiger partial charge in [0.15, 0.2) is 11.5 Å². The maximum atomic E-state index is 12.8. The van der Waals surface area contributed by atoms with Gasteiger partial charge in [0, 0.05) is 36.0 Å². The van der Waals surface area contributed by atoms with Gasteiger partial charge in [-0.3, -0.25) is 9.59 Å². The van der Waals surface area contributed by atoms with E-state index >= 15 is 0 Å². The van der Waals surface area contributed by atoms with Crippen LogP contribution in [0.1, 0.15) is 28.0 Å². The molecule has 126 valence electrons. The second-order valence-electron chi connectivity index (χ2n) is 5.79. The number of nitrogens with one attached hydrogen (secondary N) is 1. The number of pyridine rings is 1. The Morgan fingerprint density at radius 3 is 2.92 bits per heavy atom. The van der Waals surface area contributed by atoms with Gasteiger partial charge in [-0.1, -0.05) is 12.1 Å². The van der Waals surface area contributed by atoms with E-state index in [-0.39, 0.29) is 11.5 Å². The van der Waals surface area contributed by atoms with E-state index in [9.17, 15) is 9.59 Å². The summed E-state index contributed by atoms with van der Waals surface area (Å²) in [5, 5.41) is 0. The van der Waals surface area contributed by atoms with Crippen molar-refractivity contribution < 1.29 is 14.3 Å². The van der Waals surface area contributed by atoms with Crippen LogP contribution in [0.4, 0.5) is 0 Å². The number of ether oxygens (including phenoxy) is 2. The second kappa shape index (κ2) is 6.78. The zero-order valence-corrected chi connectivity index (χ0v) is 13.8. The third kappa shape index (κ3) is 3.27. The zero-order chi connectivity index (χ0) is 17.1. The van der Waals surface area contributed by atoms with E-state index < -0.39 is 0 Å². The summed E-state index contributed by atoms with van der Waals surface area (Å²) in [6, 6.07) is 8.68. The topological polar surface area (TPSA) is 71.6 Å². The van der Waals surface area contributed by atoms with Crippen molar-refractivity contribution in [3.8, 4) is 11.5 Å². The molecule has 1 aromatic carbocycles. The molecular weight excluding hydrogens is 308 g/mol. The molecule has 0 atom stereocenters. The molecule has 0 aliphatic carbocycles. The first-order valence-electron chi connectivity index (χ1n) is 7.87. The molecule has 6 heteroatoms. The number of benzene rings is 1. The monoisotopic (exact) mass is 328 g/mol. The second-order valence-corrected chi connectivity index (χ2v) is 5.79. The van der Waals surface area contributed by atoms with E-state index in [4.69, 9.17) is 9.47 Å².